The summed E-state index contributed by atoms with van der Waals surface area (Å²) >= 11 is 0. The lowest BCUT2D eigenvalue weighted by atomic mass is 9.92. The molecule has 2 heterocycles. The number of nitriles is 1. The fourth-order valence-electron chi connectivity index (χ4n) is 4.31. The molecular weight excluding hydrogens is 477 g/mol. The van der Waals surface area contributed by atoms with E-state index in [0.717, 1.165) is 5.56 Å². The van der Waals surface area contributed by atoms with E-state index in [0.29, 0.717) is 46.7 Å². The number of carbonyl (C=O) groups is 2. The number of halogens is 1. The Morgan fingerprint density at radius 2 is 1.86 bits per heavy atom. The molecule has 0 spiro atoms. The Kier molecular flexibility index (Phi) is 6.72. The molecule has 186 valence electrons. The van der Waals surface area contributed by atoms with Crippen molar-refractivity contribution in [3.8, 4) is 17.6 Å². The summed E-state index contributed by atoms with van der Waals surface area (Å²) in [4.78, 5) is 26.0. The maximum Gasteiger partial charge on any atom is 0.338 e. The van der Waals surface area contributed by atoms with E-state index in [9.17, 15) is 19.2 Å². The van der Waals surface area contributed by atoms with Crippen molar-refractivity contribution in [1.29, 1.82) is 5.26 Å². The molecule has 0 saturated heterocycles. The average molecular weight is 499 g/mol. The van der Waals surface area contributed by atoms with Gasteiger partial charge in [0, 0.05) is 5.70 Å². The van der Waals surface area contributed by atoms with Gasteiger partial charge < -0.3 is 24.8 Å². The second-order valence-electron chi connectivity index (χ2n) is 8.55. The van der Waals surface area contributed by atoms with Crippen molar-refractivity contribution in [1.82, 2.24) is 10.6 Å². The van der Waals surface area contributed by atoms with Crippen LogP contribution >= 0.6 is 0 Å². The van der Waals surface area contributed by atoms with Crippen LogP contribution in [0.3, 0.4) is 0 Å². The Bertz CT molecular complexity index is 1450. The van der Waals surface area contributed by atoms with E-state index in [2.05, 4.69) is 16.7 Å². The number of nitrogens with zero attached hydrogens (tertiary/aromatic N) is 1. The number of carbonyl (C=O) groups excluding carboxylic acids is 2. The molecule has 0 radical (unpaired) electrons. The van der Waals surface area contributed by atoms with Gasteiger partial charge in [0.1, 0.15) is 12.4 Å². The summed E-state index contributed by atoms with van der Waals surface area (Å²) in [6.07, 6.45) is 0.823. The predicted octanol–water partition coefficient (Wildman–Crippen LogP) is 4.41. The fourth-order valence-corrected chi connectivity index (χ4v) is 4.31. The largest absolute Gasteiger partial charge is 0.457 e. The molecule has 0 saturated carbocycles. The van der Waals surface area contributed by atoms with Gasteiger partial charge in [0.25, 0.3) is 0 Å². The van der Waals surface area contributed by atoms with Crippen molar-refractivity contribution >= 4 is 12.0 Å². The van der Waals surface area contributed by atoms with Crippen LogP contribution in [0.15, 0.2) is 78.0 Å². The Balaban J connectivity index is 1.46. The summed E-state index contributed by atoms with van der Waals surface area (Å²) < 4.78 is 30.0. The van der Waals surface area contributed by atoms with Crippen LogP contribution in [0, 0.1) is 17.1 Å². The lowest BCUT2D eigenvalue weighted by Crippen LogP contribution is -2.46. The SMILES string of the molecule is N#Cc1cccc(C2NC(=O)NC(CCc3ccc4c(c3)OCO4)=C2C(=O)OCc2cccc(F)c2)c1. The molecule has 1 unspecified atom stereocenters. The van der Waals surface area contributed by atoms with Gasteiger partial charge >= 0.3 is 12.0 Å². The lowest BCUT2D eigenvalue weighted by molar-refractivity contribution is -0.140. The van der Waals surface area contributed by atoms with Gasteiger partial charge in [-0.25, -0.2) is 14.0 Å². The number of amides is 2. The average Bonchev–Trinajstić information content (AvgIpc) is 3.38. The molecule has 3 aromatic rings. The molecule has 2 aliphatic heterocycles. The number of hydrogen-bond donors (Lipinski definition) is 2. The number of rotatable bonds is 7. The normalized spacial score (nSPS) is 16.0. The van der Waals surface area contributed by atoms with E-state index in [1.165, 1.54) is 18.2 Å². The fraction of sp³-hybridized carbons (Fsp3) is 0.179. The number of hydrogen-bond acceptors (Lipinski definition) is 6. The second kappa shape index (κ2) is 10.4. The molecule has 0 fully saturated rings. The van der Waals surface area contributed by atoms with E-state index in [-0.39, 0.29) is 19.0 Å². The molecule has 2 amide bonds. The third kappa shape index (κ3) is 5.38. The minimum atomic E-state index is -0.839. The first-order valence-corrected chi connectivity index (χ1v) is 11.6. The van der Waals surface area contributed by atoms with Crippen molar-refractivity contribution < 1.29 is 28.2 Å². The maximum atomic E-state index is 13.6. The molecule has 8 nitrogen and oxygen atoms in total. The van der Waals surface area contributed by atoms with Crippen LogP contribution < -0.4 is 20.1 Å². The molecule has 0 aliphatic carbocycles. The van der Waals surface area contributed by atoms with Crippen molar-refractivity contribution in [3.05, 3.63) is 106 Å². The van der Waals surface area contributed by atoms with Crippen LogP contribution in [0.25, 0.3) is 0 Å². The molecule has 37 heavy (non-hydrogen) atoms. The number of nitrogens with one attached hydrogen (secondary N) is 2. The molecule has 9 heteroatoms. The van der Waals surface area contributed by atoms with Gasteiger partial charge in [0.15, 0.2) is 11.5 Å². The van der Waals surface area contributed by atoms with Crippen LogP contribution in [0.1, 0.15) is 34.7 Å². The predicted molar refractivity (Wildman–Crippen MR) is 130 cm³/mol. The smallest absolute Gasteiger partial charge is 0.338 e. The Morgan fingerprint density at radius 3 is 2.70 bits per heavy atom. The van der Waals surface area contributed by atoms with E-state index in [1.54, 1.807) is 30.3 Å². The van der Waals surface area contributed by atoms with Crippen LogP contribution in [-0.2, 0) is 22.6 Å². The van der Waals surface area contributed by atoms with Crippen LogP contribution in [0.4, 0.5) is 9.18 Å². The molecule has 5 rings (SSSR count). The van der Waals surface area contributed by atoms with Gasteiger partial charge in [-0.15, -0.1) is 0 Å². The zero-order chi connectivity index (χ0) is 25.8. The van der Waals surface area contributed by atoms with Gasteiger partial charge in [-0.05, 0) is 65.9 Å². The molecule has 0 aromatic heterocycles. The second-order valence-corrected chi connectivity index (χ2v) is 8.55. The maximum absolute atomic E-state index is 13.6. The Labute approximate surface area is 212 Å². The van der Waals surface area contributed by atoms with Gasteiger partial charge in [-0.2, -0.15) is 5.26 Å². The summed E-state index contributed by atoms with van der Waals surface area (Å²) in [6.45, 7) is 0.0187. The van der Waals surface area contributed by atoms with Gasteiger partial charge in [0.2, 0.25) is 6.79 Å². The third-order valence-corrected chi connectivity index (χ3v) is 6.08. The summed E-state index contributed by atoms with van der Waals surface area (Å²) in [5.74, 6) is 0.207. The topological polar surface area (TPSA) is 110 Å². The monoisotopic (exact) mass is 499 g/mol. The number of ether oxygens (including phenoxy) is 3. The molecule has 2 aliphatic rings. The number of fused-ring (bicyclic) bond motifs is 1. The number of urea groups is 1. The van der Waals surface area contributed by atoms with Crippen molar-refractivity contribution in [2.75, 3.05) is 6.79 Å². The summed E-state index contributed by atoms with van der Waals surface area (Å²) in [5, 5.41) is 14.9. The van der Waals surface area contributed by atoms with E-state index >= 15 is 0 Å². The number of benzene rings is 3. The van der Waals surface area contributed by atoms with Crippen LogP contribution in [0.5, 0.6) is 11.5 Å². The number of aryl methyl sites for hydroxylation is 1. The van der Waals surface area contributed by atoms with Gasteiger partial charge in [-0.3, -0.25) is 0 Å². The first-order valence-electron chi connectivity index (χ1n) is 11.6. The quantitative estimate of drug-likeness (QED) is 0.466. The minimum Gasteiger partial charge on any atom is -0.457 e. The van der Waals surface area contributed by atoms with Crippen molar-refractivity contribution in [3.63, 3.8) is 0 Å². The highest BCUT2D eigenvalue weighted by molar-refractivity contribution is 5.95. The van der Waals surface area contributed by atoms with E-state index in [1.807, 2.05) is 18.2 Å². The van der Waals surface area contributed by atoms with Gasteiger partial charge in [0.05, 0.1) is 23.2 Å². The Morgan fingerprint density at radius 1 is 1.03 bits per heavy atom. The summed E-state index contributed by atoms with van der Waals surface area (Å²) in [5.41, 5.74) is 2.99. The van der Waals surface area contributed by atoms with Crippen LogP contribution in [0.2, 0.25) is 0 Å². The van der Waals surface area contributed by atoms with Crippen molar-refractivity contribution in [2.24, 2.45) is 0 Å². The highest BCUT2D eigenvalue weighted by Crippen LogP contribution is 2.34. The molecule has 2 N–H and O–H groups in total. The zero-order valence-electron chi connectivity index (χ0n) is 19.6. The first-order chi connectivity index (χ1) is 18.0. The molecule has 0 bridgehead atoms. The summed E-state index contributed by atoms with van der Waals surface area (Å²) in [6, 6.07) is 18.8. The molecule has 3 aromatic carbocycles. The Hall–Kier alpha value is -4.84. The summed E-state index contributed by atoms with van der Waals surface area (Å²) in [7, 11) is 0. The third-order valence-electron chi connectivity index (χ3n) is 6.08. The highest BCUT2D eigenvalue weighted by Gasteiger charge is 2.34. The molecular formula is C28H22FN3O5. The highest BCUT2D eigenvalue weighted by atomic mass is 19.1. The van der Waals surface area contributed by atoms with Crippen molar-refractivity contribution in [2.45, 2.75) is 25.5 Å². The lowest BCUT2D eigenvalue weighted by Gasteiger charge is -2.29. The van der Waals surface area contributed by atoms with Gasteiger partial charge in [-0.1, -0.05) is 30.3 Å². The minimum absolute atomic E-state index is 0.144. The number of allylic oxidation sites excluding steroid dienone is 1. The van der Waals surface area contributed by atoms with E-state index in [4.69, 9.17) is 14.2 Å². The van der Waals surface area contributed by atoms with E-state index < -0.39 is 23.9 Å². The molecule has 1 atom stereocenters. The number of esters is 1. The van der Waals surface area contributed by atoms with Crippen LogP contribution in [-0.4, -0.2) is 18.8 Å². The first kappa shape index (κ1) is 23.9. The zero-order valence-corrected chi connectivity index (χ0v) is 19.6. The standard InChI is InChI=1S/C28H22FN3O5/c29-21-6-2-4-19(12-21)15-35-27(33)25-22(9-7-17-8-10-23-24(13-17)37-16-36-23)31-28(34)32-26(25)20-5-1-3-18(11-20)14-30/h1-6,8,10-13,26H,7,9,15-16H2,(H2,31,32,34).